The largest absolute Gasteiger partial charge is 0.497 e. The van der Waals surface area contributed by atoms with Gasteiger partial charge < -0.3 is 14.4 Å². The summed E-state index contributed by atoms with van der Waals surface area (Å²) >= 11 is 0. The molecule has 1 unspecified atom stereocenters. The van der Waals surface area contributed by atoms with Gasteiger partial charge in [-0.1, -0.05) is 30.3 Å². The molecule has 2 aromatic carbocycles. The van der Waals surface area contributed by atoms with Gasteiger partial charge in [-0.3, -0.25) is 9.59 Å². The predicted molar refractivity (Wildman–Crippen MR) is 90.0 cm³/mol. The highest BCUT2D eigenvalue weighted by Crippen LogP contribution is 2.48. The van der Waals surface area contributed by atoms with E-state index in [1.807, 2.05) is 31.2 Å². The molecule has 0 spiro atoms. The van der Waals surface area contributed by atoms with Crippen LogP contribution in [0.4, 0.5) is 5.69 Å². The van der Waals surface area contributed by atoms with E-state index in [2.05, 4.69) is 0 Å². The third-order valence-electron chi connectivity index (χ3n) is 4.21. The minimum Gasteiger partial charge on any atom is -0.497 e. The average Bonchev–Trinajstić information content (AvgIpc) is 2.83. The standard InChI is InChI=1S/C19H19NO4/c1-4-20-17-11-10-15(23-3)12-16(17)19(18(20)22,24-13(2)21)14-8-6-5-7-9-14/h5-12H,4H2,1-3H3. The molecule has 0 aromatic heterocycles. The van der Waals surface area contributed by atoms with Gasteiger partial charge in [0.25, 0.3) is 5.91 Å². The first-order valence-corrected chi connectivity index (χ1v) is 7.80. The number of methoxy groups -OCH3 is 1. The van der Waals surface area contributed by atoms with Crippen molar-refractivity contribution in [1.29, 1.82) is 0 Å². The van der Waals surface area contributed by atoms with Crippen molar-refractivity contribution >= 4 is 17.6 Å². The Balaban J connectivity index is 2.33. The Morgan fingerprint density at radius 3 is 2.46 bits per heavy atom. The van der Waals surface area contributed by atoms with Gasteiger partial charge >= 0.3 is 5.97 Å². The number of carbonyl (C=O) groups is 2. The van der Waals surface area contributed by atoms with Crippen LogP contribution in [0.15, 0.2) is 48.5 Å². The number of ether oxygens (including phenoxy) is 2. The third kappa shape index (κ3) is 2.24. The average molecular weight is 325 g/mol. The highest BCUT2D eigenvalue weighted by Gasteiger charge is 2.55. The Morgan fingerprint density at radius 1 is 1.17 bits per heavy atom. The number of amides is 1. The number of nitrogens with zero attached hydrogens (tertiary/aromatic N) is 1. The first-order valence-electron chi connectivity index (χ1n) is 7.80. The number of fused-ring (bicyclic) bond motifs is 1. The van der Waals surface area contributed by atoms with Gasteiger partial charge in [-0.15, -0.1) is 0 Å². The number of hydrogen-bond donors (Lipinski definition) is 0. The maximum absolute atomic E-state index is 13.3. The van der Waals surface area contributed by atoms with E-state index in [-0.39, 0.29) is 5.91 Å². The lowest BCUT2D eigenvalue weighted by Crippen LogP contribution is -2.44. The van der Waals surface area contributed by atoms with E-state index in [4.69, 9.17) is 9.47 Å². The topological polar surface area (TPSA) is 55.8 Å². The Bertz CT molecular complexity index is 787. The van der Waals surface area contributed by atoms with Crippen LogP contribution in [0.3, 0.4) is 0 Å². The Kier molecular flexibility index (Phi) is 4.01. The van der Waals surface area contributed by atoms with Crippen LogP contribution in [0.1, 0.15) is 25.0 Å². The Labute approximate surface area is 140 Å². The zero-order valence-corrected chi connectivity index (χ0v) is 13.9. The van der Waals surface area contributed by atoms with Gasteiger partial charge in [-0.25, -0.2) is 0 Å². The molecular weight excluding hydrogens is 306 g/mol. The molecule has 2 aromatic rings. The number of benzene rings is 2. The lowest BCUT2D eigenvalue weighted by atomic mass is 9.87. The van der Waals surface area contributed by atoms with Crippen LogP contribution in [0.25, 0.3) is 0 Å². The molecule has 5 nitrogen and oxygen atoms in total. The third-order valence-corrected chi connectivity index (χ3v) is 4.21. The monoisotopic (exact) mass is 325 g/mol. The molecule has 0 saturated carbocycles. The zero-order valence-electron chi connectivity index (χ0n) is 13.9. The van der Waals surface area contributed by atoms with Crippen molar-refractivity contribution in [3.8, 4) is 5.75 Å². The first-order chi connectivity index (χ1) is 11.5. The highest BCUT2D eigenvalue weighted by atomic mass is 16.6. The normalized spacial score (nSPS) is 19.1. The van der Waals surface area contributed by atoms with E-state index in [9.17, 15) is 9.59 Å². The summed E-state index contributed by atoms with van der Waals surface area (Å²) in [5, 5.41) is 0. The minimum absolute atomic E-state index is 0.269. The summed E-state index contributed by atoms with van der Waals surface area (Å²) in [6.07, 6.45) is 0. The van der Waals surface area contributed by atoms with Gasteiger partial charge in [-0.2, -0.15) is 0 Å². The van der Waals surface area contributed by atoms with Crippen LogP contribution in [-0.2, 0) is 19.9 Å². The van der Waals surface area contributed by atoms with Crippen LogP contribution in [0.2, 0.25) is 0 Å². The summed E-state index contributed by atoms with van der Waals surface area (Å²) in [5.74, 6) is -0.180. The molecule has 24 heavy (non-hydrogen) atoms. The maximum atomic E-state index is 13.3. The summed E-state index contributed by atoms with van der Waals surface area (Å²) in [6.45, 7) is 3.68. The van der Waals surface area contributed by atoms with Crippen LogP contribution in [-0.4, -0.2) is 25.5 Å². The lowest BCUT2D eigenvalue weighted by Gasteiger charge is -2.28. The molecule has 1 heterocycles. The molecule has 1 aliphatic rings. The molecule has 1 aliphatic heterocycles. The summed E-state index contributed by atoms with van der Waals surface area (Å²) in [4.78, 5) is 26.7. The smallest absolute Gasteiger partial charge is 0.304 e. The molecular formula is C19H19NO4. The predicted octanol–water partition coefficient (Wildman–Crippen LogP) is 2.87. The fourth-order valence-electron chi connectivity index (χ4n) is 3.21. The van der Waals surface area contributed by atoms with Crippen molar-refractivity contribution in [1.82, 2.24) is 0 Å². The quantitative estimate of drug-likeness (QED) is 0.811. The van der Waals surface area contributed by atoms with E-state index in [0.717, 1.165) is 5.69 Å². The number of esters is 1. The summed E-state index contributed by atoms with van der Waals surface area (Å²) in [7, 11) is 1.56. The minimum atomic E-state index is -1.48. The van der Waals surface area contributed by atoms with Gasteiger partial charge in [0.05, 0.1) is 12.8 Å². The number of carbonyl (C=O) groups excluding carboxylic acids is 2. The van der Waals surface area contributed by atoms with E-state index in [1.165, 1.54) is 6.92 Å². The number of rotatable bonds is 4. The van der Waals surface area contributed by atoms with Crippen molar-refractivity contribution in [3.05, 3.63) is 59.7 Å². The van der Waals surface area contributed by atoms with Crippen molar-refractivity contribution in [2.45, 2.75) is 19.4 Å². The van der Waals surface area contributed by atoms with Crippen LogP contribution >= 0.6 is 0 Å². The van der Waals surface area contributed by atoms with Crippen molar-refractivity contribution in [3.63, 3.8) is 0 Å². The number of likely N-dealkylation sites (N-methyl/N-ethyl adjacent to an activating group) is 1. The van der Waals surface area contributed by atoms with Crippen molar-refractivity contribution in [2.24, 2.45) is 0 Å². The molecule has 1 atom stereocenters. The molecule has 0 radical (unpaired) electrons. The SMILES string of the molecule is CCN1C(=O)C(OC(C)=O)(c2ccccc2)c2cc(OC)ccc21. The lowest BCUT2D eigenvalue weighted by molar-refractivity contribution is -0.161. The van der Waals surface area contributed by atoms with Crippen LogP contribution in [0.5, 0.6) is 5.75 Å². The summed E-state index contributed by atoms with van der Waals surface area (Å²) in [5.41, 5.74) is 0.492. The van der Waals surface area contributed by atoms with E-state index in [0.29, 0.717) is 23.4 Å². The molecule has 124 valence electrons. The maximum Gasteiger partial charge on any atom is 0.304 e. The fraction of sp³-hybridized carbons (Fsp3) is 0.263. The molecule has 1 amide bonds. The second-order valence-electron chi connectivity index (χ2n) is 5.57. The summed E-state index contributed by atoms with van der Waals surface area (Å²) in [6, 6.07) is 14.5. The Morgan fingerprint density at radius 2 is 1.88 bits per heavy atom. The van der Waals surface area contributed by atoms with Crippen molar-refractivity contribution in [2.75, 3.05) is 18.6 Å². The van der Waals surface area contributed by atoms with Gasteiger partial charge in [0.2, 0.25) is 5.60 Å². The van der Waals surface area contributed by atoms with Gasteiger partial charge in [0.1, 0.15) is 5.75 Å². The van der Waals surface area contributed by atoms with E-state index < -0.39 is 11.6 Å². The second kappa shape index (κ2) is 6.00. The van der Waals surface area contributed by atoms with Gasteiger partial charge in [0.15, 0.2) is 0 Å². The second-order valence-corrected chi connectivity index (χ2v) is 5.57. The highest BCUT2D eigenvalue weighted by molar-refractivity contribution is 6.10. The molecule has 0 N–H and O–H groups in total. The van der Waals surface area contributed by atoms with E-state index >= 15 is 0 Å². The first kappa shape index (κ1) is 16.1. The van der Waals surface area contributed by atoms with Crippen LogP contribution < -0.4 is 9.64 Å². The number of anilines is 1. The Hall–Kier alpha value is -2.82. The molecule has 0 aliphatic carbocycles. The van der Waals surface area contributed by atoms with Crippen LogP contribution in [0, 0.1) is 0 Å². The molecule has 0 fully saturated rings. The van der Waals surface area contributed by atoms with Gasteiger partial charge in [-0.05, 0) is 25.1 Å². The summed E-state index contributed by atoms with van der Waals surface area (Å²) < 4.78 is 11.0. The molecule has 0 bridgehead atoms. The van der Waals surface area contributed by atoms with Gasteiger partial charge in [0, 0.05) is 24.6 Å². The molecule has 5 heteroatoms. The zero-order chi connectivity index (χ0) is 17.3. The molecule has 0 saturated heterocycles. The fourth-order valence-corrected chi connectivity index (χ4v) is 3.21. The number of hydrogen-bond acceptors (Lipinski definition) is 4. The van der Waals surface area contributed by atoms with E-state index in [1.54, 1.807) is 36.3 Å². The van der Waals surface area contributed by atoms with Crippen molar-refractivity contribution < 1.29 is 19.1 Å². The molecule has 3 rings (SSSR count).